The summed E-state index contributed by atoms with van der Waals surface area (Å²) in [4.78, 5) is 0. The summed E-state index contributed by atoms with van der Waals surface area (Å²) in [6.45, 7) is 2.21. The Morgan fingerprint density at radius 1 is 1.37 bits per heavy atom. The van der Waals surface area contributed by atoms with Crippen molar-refractivity contribution in [1.82, 2.24) is 5.32 Å². The van der Waals surface area contributed by atoms with Gasteiger partial charge in [-0.1, -0.05) is 43.5 Å². The van der Waals surface area contributed by atoms with E-state index in [1.165, 1.54) is 31.2 Å². The lowest BCUT2D eigenvalue weighted by molar-refractivity contribution is 0.0374. The molecule has 1 N–H and O–H groups in total. The maximum Gasteiger partial charge on any atom is 0.0724 e. The summed E-state index contributed by atoms with van der Waals surface area (Å²) in [6.07, 6.45) is 6.36. The Morgan fingerprint density at radius 2 is 2.16 bits per heavy atom. The molecule has 106 valence electrons. The molecule has 3 heteroatoms. The minimum absolute atomic E-state index is 0.349. The molecule has 0 saturated heterocycles. The van der Waals surface area contributed by atoms with Crippen molar-refractivity contribution in [3.05, 3.63) is 34.9 Å². The fraction of sp³-hybridized carbons (Fsp3) is 0.625. The number of ether oxygens (including phenoxy) is 1. The lowest BCUT2D eigenvalue weighted by Gasteiger charge is -2.34. The monoisotopic (exact) mass is 281 g/mol. The standard InChI is InChI=1S/C16H24ClNO/c1-3-14(12-7-6-8-13(17)11-12)18-15-9-4-5-10-16(15)19-2/h6-8,11,14-16,18H,3-5,9-10H2,1-2H3. The van der Waals surface area contributed by atoms with Crippen LogP contribution in [0.5, 0.6) is 0 Å². The van der Waals surface area contributed by atoms with Crippen LogP contribution in [0.25, 0.3) is 0 Å². The lowest BCUT2D eigenvalue weighted by Crippen LogP contribution is -2.44. The number of methoxy groups -OCH3 is 1. The van der Waals surface area contributed by atoms with Crippen molar-refractivity contribution in [1.29, 1.82) is 0 Å². The van der Waals surface area contributed by atoms with Gasteiger partial charge in [-0.05, 0) is 37.0 Å². The summed E-state index contributed by atoms with van der Waals surface area (Å²) in [7, 11) is 1.82. The molecule has 0 radical (unpaired) electrons. The van der Waals surface area contributed by atoms with Gasteiger partial charge in [0.25, 0.3) is 0 Å². The first kappa shape index (κ1) is 14.8. The molecule has 0 heterocycles. The topological polar surface area (TPSA) is 21.3 Å². The van der Waals surface area contributed by atoms with Gasteiger partial charge in [0, 0.05) is 24.2 Å². The SMILES string of the molecule is CCC(NC1CCCCC1OC)c1cccc(Cl)c1. The van der Waals surface area contributed by atoms with E-state index in [1.807, 2.05) is 19.2 Å². The Bertz CT molecular complexity index is 396. The molecular formula is C16H24ClNO. The highest BCUT2D eigenvalue weighted by atomic mass is 35.5. The normalized spacial score (nSPS) is 25.2. The molecule has 3 atom stereocenters. The largest absolute Gasteiger partial charge is 0.380 e. The molecule has 19 heavy (non-hydrogen) atoms. The van der Waals surface area contributed by atoms with Gasteiger partial charge < -0.3 is 10.1 Å². The highest BCUT2D eigenvalue weighted by molar-refractivity contribution is 6.30. The van der Waals surface area contributed by atoms with Gasteiger partial charge >= 0.3 is 0 Å². The van der Waals surface area contributed by atoms with E-state index in [9.17, 15) is 0 Å². The van der Waals surface area contributed by atoms with Gasteiger partial charge in [0.05, 0.1) is 6.10 Å². The van der Waals surface area contributed by atoms with Crippen molar-refractivity contribution >= 4 is 11.6 Å². The molecule has 0 aliphatic heterocycles. The zero-order chi connectivity index (χ0) is 13.7. The Morgan fingerprint density at radius 3 is 2.84 bits per heavy atom. The highest BCUT2D eigenvalue weighted by Gasteiger charge is 2.26. The van der Waals surface area contributed by atoms with E-state index in [2.05, 4.69) is 24.4 Å². The third kappa shape index (κ3) is 3.95. The summed E-state index contributed by atoms with van der Waals surface area (Å²) in [5, 5.41) is 4.58. The van der Waals surface area contributed by atoms with Crippen molar-refractivity contribution in [3.63, 3.8) is 0 Å². The van der Waals surface area contributed by atoms with Gasteiger partial charge in [-0.2, -0.15) is 0 Å². The molecule has 0 aromatic heterocycles. The summed E-state index contributed by atoms with van der Waals surface area (Å²) in [5.74, 6) is 0. The number of nitrogens with one attached hydrogen (secondary N) is 1. The van der Waals surface area contributed by atoms with Crippen LogP contribution in [-0.2, 0) is 4.74 Å². The van der Waals surface area contributed by atoms with Crippen LogP contribution in [0.15, 0.2) is 24.3 Å². The first-order chi connectivity index (χ1) is 9.24. The van der Waals surface area contributed by atoms with Gasteiger partial charge in [0.15, 0.2) is 0 Å². The Labute approximate surface area is 121 Å². The van der Waals surface area contributed by atoms with E-state index in [1.54, 1.807) is 0 Å². The smallest absolute Gasteiger partial charge is 0.0724 e. The van der Waals surface area contributed by atoms with Crippen molar-refractivity contribution in [2.45, 2.75) is 57.2 Å². The van der Waals surface area contributed by atoms with Crippen LogP contribution in [0.4, 0.5) is 0 Å². The number of halogens is 1. The second-order valence-electron chi connectivity index (χ2n) is 5.35. The van der Waals surface area contributed by atoms with E-state index in [4.69, 9.17) is 16.3 Å². The molecule has 1 aliphatic carbocycles. The van der Waals surface area contributed by atoms with E-state index < -0.39 is 0 Å². The molecule has 0 amide bonds. The van der Waals surface area contributed by atoms with Gasteiger partial charge in [-0.25, -0.2) is 0 Å². The van der Waals surface area contributed by atoms with Gasteiger partial charge in [-0.3, -0.25) is 0 Å². The molecule has 1 aromatic rings. The summed E-state index contributed by atoms with van der Waals surface area (Å²) >= 11 is 6.09. The maximum absolute atomic E-state index is 6.09. The van der Waals surface area contributed by atoms with E-state index >= 15 is 0 Å². The van der Waals surface area contributed by atoms with Crippen LogP contribution in [0.3, 0.4) is 0 Å². The molecule has 1 saturated carbocycles. The minimum atomic E-state index is 0.349. The van der Waals surface area contributed by atoms with Crippen molar-refractivity contribution in [2.75, 3.05) is 7.11 Å². The Hall–Kier alpha value is -0.570. The fourth-order valence-electron chi connectivity index (χ4n) is 3.00. The third-order valence-corrected chi connectivity index (χ3v) is 4.31. The van der Waals surface area contributed by atoms with Gasteiger partial charge in [0.1, 0.15) is 0 Å². The van der Waals surface area contributed by atoms with Crippen LogP contribution < -0.4 is 5.32 Å². The predicted octanol–water partition coefficient (Wildman–Crippen LogP) is 4.34. The molecule has 1 fully saturated rings. The molecule has 0 bridgehead atoms. The Kier molecular flexibility index (Phi) is 5.68. The number of rotatable bonds is 5. The zero-order valence-corrected chi connectivity index (χ0v) is 12.6. The van der Waals surface area contributed by atoms with E-state index in [0.717, 1.165) is 11.4 Å². The molecule has 3 unspecified atom stereocenters. The third-order valence-electron chi connectivity index (χ3n) is 4.08. The van der Waals surface area contributed by atoms with Gasteiger partial charge in [-0.15, -0.1) is 0 Å². The zero-order valence-electron chi connectivity index (χ0n) is 11.9. The second kappa shape index (κ2) is 7.28. The molecular weight excluding hydrogens is 258 g/mol. The lowest BCUT2D eigenvalue weighted by atomic mass is 9.91. The van der Waals surface area contributed by atoms with E-state index in [-0.39, 0.29) is 0 Å². The minimum Gasteiger partial charge on any atom is -0.380 e. The molecule has 2 rings (SSSR count). The molecule has 0 spiro atoms. The first-order valence-corrected chi connectivity index (χ1v) is 7.66. The summed E-state index contributed by atoms with van der Waals surface area (Å²) in [5.41, 5.74) is 1.27. The van der Waals surface area contributed by atoms with Crippen LogP contribution in [-0.4, -0.2) is 19.3 Å². The van der Waals surface area contributed by atoms with Crippen LogP contribution in [0, 0.1) is 0 Å². The van der Waals surface area contributed by atoms with Gasteiger partial charge in [0.2, 0.25) is 0 Å². The highest BCUT2D eigenvalue weighted by Crippen LogP contribution is 2.26. The van der Waals surface area contributed by atoms with Crippen LogP contribution in [0.2, 0.25) is 5.02 Å². The molecule has 1 aromatic carbocycles. The molecule has 1 aliphatic rings. The van der Waals surface area contributed by atoms with Crippen molar-refractivity contribution in [2.24, 2.45) is 0 Å². The predicted molar refractivity (Wildman–Crippen MR) is 80.7 cm³/mol. The Balaban J connectivity index is 2.05. The summed E-state index contributed by atoms with van der Waals surface area (Å²) in [6, 6.07) is 8.99. The van der Waals surface area contributed by atoms with Crippen molar-refractivity contribution < 1.29 is 4.74 Å². The maximum atomic E-state index is 6.09. The number of hydrogen-bond acceptors (Lipinski definition) is 2. The average molecular weight is 282 g/mol. The molecule has 2 nitrogen and oxygen atoms in total. The fourth-order valence-corrected chi connectivity index (χ4v) is 3.20. The second-order valence-corrected chi connectivity index (χ2v) is 5.78. The van der Waals surface area contributed by atoms with Crippen LogP contribution in [0.1, 0.15) is 50.6 Å². The summed E-state index contributed by atoms with van der Waals surface area (Å²) < 4.78 is 5.62. The quantitative estimate of drug-likeness (QED) is 0.867. The van der Waals surface area contributed by atoms with Crippen LogP contribution >= 0.6 is 11.6 Å². The number of hydrogen-bond donors (Lipinski definition) is 1. The number of benzene rings is 1. The van der Waals surface area contributed by atoms with Crippen molar-refractivity contribution in [3.8, 4) is 0 Å². The average Bonchev–Trinajstić information content (AvgIpc) is 2.45. The van der Waals surface area contributed by atoms with E-state index in [0.29, 0.717) is 18.2 Å². The first-order valence-electron chi connectivity index (χ1n) is 7.29.